The van der Waals surface area contributed by atoms with Gasteiger partial charge in [0, 0.05) is 12.5 Å². The summed E-state index contributed by atoms with van der Waals surface area (Å²) in [6, 6.07) is 0. The van der Waals surface area contributed by atoms with Crippen molar-refractivity contribution < 1.29 is 24.2 Å². The molecule has 0 aromatic rings. The highest BCUT2D eigenvalue weighted by atomic mass is 16.6. The molecule has 1 saturated heterocycles. The van der Waals surface area contributed by atoms with Crippen LogP contribution in [0.2, 0.25) is 0 Å². The highest BCUT2D eigenvalue weighted by molar-refractivity contribution is 6.01. The van der Waals surface area contributed by atoms with Crippen LogP contribution in [-0.2, 0) is 14.3 Å². The highest BCUT2D eigenvalue weighted by Gasteiger charge is 2.66. The molecule has 1 N–H and O–H groups in total. The van der Waals surface area contributed by atoms with Gasteiger partial charge in [0.05, 0.1) is 11.8 Å². The van der Waals surface area contributed by atoms with Crippen LogP contribution < -0.4 is 0 Å². The van der Waals surface area contributed by atoms with Gasteiger partial charge in [-0.05, 0) is 20.8 Å². The number of ether oxygens (including phenoxy) is 1. The van der Waals surface area contributed by atoms with Crippen LogP contribution in [-0.4, -0.2) is 40.1 Å². The smallest absolute Gasteiger partial charge is 0.417 e. The van der Waals surface area contributed by atoms with Crippen LogP contribution in [0.4, 0.5) is 4.79 Å². The summed E-state index contributed by atoms with van der Waals surface area (Å²) in [5.74, 6) is -2.75. The topological polar surface area (TPSA) is 83.9 Å². The van der Waals surface area contributed by atoms with Crippen molar-refractivity contribution in [2.24, 2.45) is 17.8 Å². The Morgan fingerprint density at radius 2 is 2.00 bits per heavy atom. The maximum absolute atomic E-state index is 11.8. The van der Waals surface area contributed by atoms with E-state index in [1.165, 1.54) is 0 Å². The molecule has 0 aromatic carbocycles. The van der Waals surface area contributed by atoms with Crippen molar-refractivity contribution in [2.75, 3.05) is 6.54 Å². The van der Waals surface area contributed by atoms with Gasteiger partial charge in [0.25, 0.3) is 0 Å². The molecule has 0 unspecified atom stereocenters. The third kappa shape index (κ3) is 1.99. The zero-order valence-corrected chi connectivity index (χ0v) is 9.97. The van der Waals surface area contributed by atoms with E-state index in [4.69, 9.17) is 9.84 Å². The van der Waals surface area contributed by atoms with Gasteiger partial charge in [-0.25, -0.2) is 9.69 Å². The number of nitrogens with zero attached hydrogens (tertiary/aromatic N) is 1. The first-order valence-corrected chi connectivity index (χ1v) is 5.49. The lowest BCUT2D eigenvalue weighted by Crippen LogP contribution is -2.40. The van der Waals surface area contributed by atoms with Crippen LogP contribution >= 0.6 is 0 Å². The summed E-state index contributed by atoms with van der Waals surface area (Å²) in [7, 11) is 0. The number of piperidine rings is 1. The minimum absolute atomic E-state index is 0.162. The Morgan fingerprint density at radius 1 is 1.41 bits per heavy atom. The van der Waals surface area contributed by atoms with E-state index in [0.29, 0.717) is 0 Å². The van der Waals surface area contributed by atoms with E-state index < -0.39 is 35.4 Å². The molecule has 1 heterocycles. The van der Waals surface area contributed by atoms with Crippen LogP contribution in [0, 0.1) is 17.8 Å². The van der Waals surface area contributed by atoms with E-state index >= 15 is 0 Å². The Labute approximate surface area is 98.5 Å². The first-order chi connectivity index (χ1) is 7.72. The molecule has 0 aromatic heterocycles. The second-order valence-electron chi connectivity index (χ2n) is 5.48. The average Bonchev–Trinajstić information content (AvgIpc) is 2.75. The van der Waals surface area contributed by atoms with Crippen LogP contribution in [0.15, 0.2) is 0 Å². The number of carbonyl (C=O) groups excluding carboxylic acids is 2. The number of carboxylic acid groups (broad SMARTS) is 1. The molecule has 2 rings (SSSR count). The molecule has 1 saturated carbocycles. The van der Waals surface area contributed by atoms with E-state index in [2.05, 4.69) is 0 Å². The van der Waals surface area contributed by atoms with Crippen molar-refractivity contribution >= 4 is 18.0 Å². The van der Waals surface area contributed by atoms with E-state index in [1.54, 1.807) is 20.8 Å². The maximum atomic E-state index is 11.8. The molecule has 3 atom stereocenters. The Balaban J connectivity index is 1.98. The fourth-order valence-corrected chi connectivity index (χ4v) is 2.24. The van der Waals surface area contributed by atoms with Crippen molar-refractivity contribution in [3.8, 4) is 0 Å². The van der Waals surface area contributed by atoms with Crippen molar-refractivity contribution in [1.82, 2.24) is 4.90 Å². The summed E-state index contributed by atoms with van der Waals surface area (Å²) < 4.78 is 5.08. The quantitative estimate of drug-likeness (QED) is 0.730. The normalized spacial score (nSPS) is 31.1. The monoisotopic (exact) mass is 241 g/mol. The number of rotatable bonds is 1. The van der Waals surface area contributed by atoms with Gasteiger partial charge in [-0.3, -0.25) is 9.59 Å². The largest absolute Gasteiger partial charge is 0.481 e. The van der Waals surface area contributed by atoms with Gasteiger partial charge in [-0.15, -0.1) is 0 Å². The average molecular weight is 241 g/mol. The van der Waals surface area contributed by atoms with Gasteiger partial charge in [0.1, 0.15) is 5.60 Å². The van der Waals surface area contributed by atoms with Gasteiger partial charge in [-0.2, -0.15) is 0 Å². The molecule has 94 valence electrons. The van der Waals surface area contributed by atoms with Crippen molar-refractivity contribution in [3.63, 3.8) is 0 Å². The summed E-state index contributed by atoms with van der Waals surface area (Å²) in [5.41, 5.74) is -0.656. The predicted octanol–water partition coefficient (Wildman–Crippen LogP) is 0.711. The Bertz CT molecular complexity index is 397. The molecule has 1 aliphatic carbocycles. The van der Waals surface area contributed by atoms with Crippen molar-refractivity contribution in [1.29, 1.82) is 0 Å². The molecule has 6 nitrogen and oxygen atoms in total. The lowest BCUT2D eigenvalue weighted by atomic mass is 10.2. The fraction of sp³-hybridized carbons (Fsp3) is 0.727. The van der Waals surface area contributed by atoms with Gasteiger partial charge in [0.15, 0.2) is 0 Å². The molecular formula is C11H15NO5. The molecule has 6 heteroatoms. The number of imide groups is 1. The summed E-state index contributed by atoms with van der Waals surface area (Å²) in [5, 5.41) is 8.80. The lowest BCUT2D eigenvalue weighted by Gasteiger charge is -2.24. The van der Waals surface area contributed by atoms with Crippen LogP contribution in [0.5, 0.6) is 0 Å². The molecule has 0 radical (unpaired) electrons. The summed E-state index contributed by atoms with van der Waals surface area (Å²) in [4.78, 5) is 35.2. The molecule has 2 aliphatic rings. The second kappa shape index (κ2) is 3.45. The Kier molecular flexibility index (Phi) is 2.41. The second-order valence-corrected chi connectivity index (χ2v) is 5.48. The molecule has 0 bridgehead atoms. The van der Waals surface area contributed by atoms with E-state index in [-0.39, 0.29) is 12.5 Å². The number of carbonyl (C=O) groups is 3. The van der Waals surface area contributed by atoms with Crippen LogP contribution in [0.1, 0.15) is 20.8 Å². The van der Waals surface area contributed by atoms with Crippen molar-refractivity contribution in [2.45, 2.75) is 26.4 Å². The number of hydrogen-bond acceptors (Lipinski definition) is 4. The van der Waals surface area contributed by atoms with Crippen LogP contribution in [0.3, 0.4) is 0 Å². The minimum Gasteiger partial charge on any atom is -0.481 e. The highest BCUT2D eigenvalue weighted by Crippen LogP contribution is 2.52. The number of carboxylic acids is 1. The first kappa shape index (κ1) is 11.9. The van der Waals surface area contributed by atoms with E-state index in [1.807, 2.05) is 0 Å². The van der Waals surface area contributed by atoms with Gasteiger partial charge in [0.2, 0.25) is 5.91 Å². The van der Waals surface area contributed by atoms with E-state index in [9.17, 15) is 14.4 Å². The minimum atomic E-state index is -0.961. The third-order valence-corrected chi connectivity index (χ3v) is 3.01. The van der Waals surface area contributed by atoms with E-state index in [0.717, 1.165) is 4.90 Å². The number of amides is 2. The SMILES string of the molecule is CC(C)(C)OC(=O)N1C[C@H]2[C@H](C(=O)O)[C@H]2C1=O. The lowest BCUT2D eigenvalue weighted by molar-refractivity contribution is -0.142. The molecule has 0 spiro atoms. The number of fused-ring (bicyclic) bond motifs is 1. The van der Waals surface area contributed by atoms with Crippen LogP contribution in [0.25, 0.3) is 0 Å². The predicted molar refractivity (Wildman–Crippen MR) is 56.1 cm³/mol. The van der Waals surface area contributed by atoms with Crippen molar-refractivity contribution in [3.05, 3.63) is 0 Å². The van der Waals surface area contributed by atoms with Gasteiger partial charge in [-0.1, -0.05) is 0 Å². The number of hydrogen-bond donors (Lipinski definition) is 1. The Morgan fingerprint density at radius 3 is 2.35 bits per heavy atom. The zero-order chi connectivity index (χ0) is 13.0. The Hall–Kier alpha value is -1.59. The van der Waals surface area contributed by atoms with Gasteiger partial charge < -0.3 is 9.84 Å². The molecule has 2 fully saturated rings. The number of likely N-dealkylation sites (tertiary alicyclic amines) is 1. The fourth-order valence-electron chi connectivity index (χ4n) is 2.24. The standard InChI is InChI=1S/C11H15NO5/c1-11(2,3)17-10(16)12-4-5-6(8(12)13)7(5)9(14)15/h5-7H,4H2,1-3H3,(H,14,15)/t5-,6+,7+/m1/s1. The zero-order valence-electron chi connectivity index (χ0n) is 9.97. The summed E-state index contributed by atoms with van der Waals surface area (Å²) >= 11 is 0. The molecule has 17 heavy (non-hydrogen) atoms. The molecular weight excluding hydrogens is 226 g/mol. The third-order valence-electron chi connectivity index (χ3n) is 3.01. The number of aliphatic carboxylic acids is 1. The first-order valence-electron chi connectivity index (χ1n) is 5.49. The van der Waals surface area contributed by atoms with Gasteiger partial charge >= 0.3 is 12.1 Å². The summed E-state index contributed by atoms with van der Waals surface area (Å²) in [6.07, 6.45) is -0.682. The molecule has 2 amide bonds. The molecule has 1 aliphatic heterocycles. The summed E-state index contributed by atoms with van der Waals surface area (Å²) in [6.45, 7) is 5.31. The maximum Gasteiger partial charge on any atom is 0.417 e.